The number of pyridine rings is 1. The Morgan fingerprint density at radius 2 is 2.10 bits per heavy atom. The normalized spacial score (nSPS) is 27.6. The molecule has 106 valence electrons. The Kier molecular flexibility index (Phi) is 2.88. The van der Waals surface area contributed by atoms with E-state index in [0.717, 1.165) is 24.3 Å². The number of fused-ring (bicyclic) bond motifs is 2. The number of nitrogens with one attached hydrogen (secondary N) is 3. The van der Waals surface area contributed by atoms with Crippen molar-refractivity contribution < 1.29 is 0 Å². The van der Waals surface area contributed by atoms with Crippen LogP contribution in [0.3, 0.4) is 0 Å². The Bertz CT molecular complexity index is 709. The first-order valence-corrected chi connectivity index (χ1v) is 7.10. The van der Waals surface area contributed by atoms with Crippen LogP contribution in [0, 0.1) is 17.4 Å². The van der Waals surface area contributed by atoms with E-state index in [9.17, 15) is 0 Å². The van der Waals surface area contributed by atoms with Gasteiger partial charge in [-0.3, -0.25) is 5.43 Å². The van der Waals surface area contributed by atoms with Crippen LogP contribution in [0.4, 0.5) is 5.82 Å². The first-order chi connectivity index (χ1) is 10.3. The third-order valence-corrected chi connectivity index (χ3v) is 4.29. The second kappa shape index (κ2) is 4.88. The van der Waals surface area contributed by atoms with Crippen molar-refractivity contribution >= 4 is 16.6 Å². The molecule has 2 fully saturated rings. The highest BCUT2D eigenvalue weighted by Crippen LogP contribution is 2.25. The molecule has 0 spiro atoms. The van der Waals surface area contributed by atoms with Gasteiger partial charge in [-0.1, -0.05) is 24.3 Å². The Morgan fingerprint density at radius 3 is 2.95 bits per heavy atom. The van der Waals surface area contributed by atoms with Gasteiger partial charge in [0.2, 0.25) is 0 Å². The standard InChI is InChI=1S/C15H16N6/c16-9-21-7-12-13(8-21)19-20-15(12)18-14-5-10-3-1-2-4-11(10)6-17-14/h1-6,12-13,15,19-20H,7-8H2,(H,17,18). The fraction of sp³-hybridized carbons (Fsp3) is 0.333. The number of aromatic nitrogens is 1. The topological polar surface area (TPSA) is 76.0 Å². The smallest absolute Gasteiger partial charge is 0.179 e. The second-order valence-corrected chi connectivity index (χ2v) is 5.60. The molecule has 3 atom stereocenters. The van der Waals surface area contributed by atoms with Gasteiger partial charge in [-0.15, -0.1) is 0 Å². The van der Waals surface area contributed by atoms with Crippen molar-refractivity contribution in [2.45, 2.75) is 12.2 Å². The van der Waals surface area contributed by atoms with E-state index in [1.54, 1.807) is 4.90 Å². The van der Waals surface area contributed by atoms with Gasteiger partial charge in [0, 0.05) is 36.6 Å². The summed E-state index contributed by atoms with van der Waals surface area (Å²) < 4.78 is 0. The van der Waals surface area contributed by atoms with Gasteiger partial charge in [-0.05, 0) is 11.5 Å². The van der Waals surface area contributed by atoms with Crippen molar-refractivity contribution in [3.05, 3.63) is 36.5 Å². The first kappa shape index (κ1) is 12.4. The number of hydrogen-bond donors (Lipinski definition) is 3. The van der Waals surface area contributed by atoms with Crippen LogP contribution in [0.15, 0.2) is 36.5 Å². The summed E-state index contributed by atoms with van der Waals surface area (Å²) in [7, 11) is 0. The molecule has 2 aliphatic heterocycles. The average molecular weight is 280 g/mol. The van der Waals surface area contributed by atoms with Crippen LogP contribution in [0.1, 0.15) is 0 Å². The summed E-state index contributed by atoms with van der Waals surface area (Å²) in [5.74, 6) is 1.21. The van der Waals surface area contributed by atoms with E-state index in [1.807, 2.05) is 18.3 Å². The van der Waals surface area contributed by atoms with Gasteiger partial charge >= 0.3 is 0 Å². The van der Waals surface area contributed by atoms with Crippen molar-refractivity contribution in [1.29, 1.82) is 5.26 Å². The van der Waals surface area contributed by atoms with Crippen LogP contribution >= 0.6 is 0 Å². The lowest BCUT2D eigenvalue weighted by atomic mass is 10.0. The minimum absolute atomic E-state index is 0.0852. The van der Waals surface area contributed by atoms with E-state index in [2.05, 4.69) is 45.5 Å². The van der Waals surface area contributed by atoms with E-state index >= 15 is 0 Å². The molecule has 3 N–H and O–H groups in total. The molecule has 2 aromatic rings. The molecule has 2 aliphatic rings. The molecule has 0 radical (unpaired) electrons. The van der Waals surface area contributed by atoms with E-state index in [-0.39, 0.29) is 6.17 Å². The fourth-order valence-corrected chi connectivity index (χ4v) is 3.17. The maximum atomic E-state index is 9.01. The molecule has 0 saturated carbocycles. The number of nitrogens with zero attached hydrogens (tertiary/aromatic N) is 3. The number of hydrogen-bond acceptors (Lipinski definition) is 6. The summed E-state index contributed by atoms with van der Waals surface area (Å²) in [5.41, 5.74) is 6.52. The molecule has 21 heavy (non-hydrogen) atoms. The van der Waals surface area contributed by atoms with Gasteiger partial charge in [-0.2, -0.15) is 5.26 Å². The summed E-state index contributed by atoms with van der Waals surface area (Å²) in [6, 6.07) is 10.5. The summed E-state index contributed by atoms with van der Waals surface area (Å²) in [4.78, 5) is 6.26. The van der Waals surface area contributed by atoms with Gasteiger partial charge in [-0.25, -0.2) is 10.4 Å². The molecule has 1 aromatic heterocycles. The lowest BCUT2D eigenvalue weighted by Gasteiger charge is -2.19. The molecule has 3 unspecified atom stereocenters. The quantitative estimate of drug-likeness (QED) is 0.709. The third kappa shape index (κ3) is 2.17. The second-order valence-electron chi connectivity index (χ2n) is 5.60. The van der Waals surface area contributed by atoms with Crippen molar-refractivity contribution in [1.82, 2.24) is 20.7 Å². The lowest BCUT2D eigenvalue weighted by molar-refractivity contribution is 0.400. The molecule has 0 amide bonds. The lowest BCUT2D eigenvalue weighted by Crippen LogP contribution is -2.41. The highest BCUT2D eigenvalue weighted by atomic mass is 15.5. The molecule has 3 heterocycles. The average Bonchev–Trinajstić information content (AvgIpc) is 3.09. The van der Waals surface area contributed by atoms with Crippen molar-refractivity contribution in [3.63, 3.8) is 0 Å². The minimum atomic E-state index is 0.0852. The van der Waals surface area contributed by atoms with Crippen LogP contribution in [0.25, 0.3) is 10.8 Å². The molecular formula is C15H16N6. The number of anilines is 1. The maximum Gasteiger partial charge on any atom is 0.179 e. The SMILES string of the molecule is N#CN1CC2NNC(Nc3cc4ccccc4cn3)C2C1. The molecule has 1 aromatic carbocycles. The van der Waals surface area contributed by atoms with Crippen LogP contribution in [-0.4, -0.2) is 35.2 Å². The number of nitriles is 1. The number of hydrazine groups is 1. The Hall–Kier alpha value is -2.36. The molecule has 0 bridgehead atoms. The van der Waals surface area contributed by atoms with E-state index in [1.165, 1.54) is 5.39 Å². The van der Waals surface area contributed by atoms with E-state index in [0.29, 0.717) is 12.0 Å². The molecule has 2 saturated heterocycles. The number of benzene rings is 1. The largest absolute Gasteiger partial charge is 0.353 e. The van der Waals surface area contributed by atoms with Gasteiger partial charge in [0.25, 0.3) is 0 Å². The third-order valence-electron chi connectivity index (χ3n) is 4.29. The summed E-state index contributed by atoms with van der Waals surface area (Å²) in [6.07, 6.45) is 4.19. The van der Waals surface area contributed by atoms with Gasteiger partial charge < -0.3 is 10.2 Å². The Morgan fingerprint density at radius 1 is 1.24 bits per heavy atom. The maximum absolute atomic E-state index is 9.01. The summed E-state index contributed by atoms with van der Waals surface area (Å²) in [5, 5.41) is 14.7. The zero-order chi connectivity index (χ0) is 14.2. The zero-order valence-electron chi connectivity index (χ0n) is 11.5. The number of likely N-dealkylation sites (tertiary alicyclic amines) is 1. The van der Waals surface area contributed by atoms with E-state index in [4.69, 9.17) is 5.26 Å². The first-order valence-electron chi connectivity index (χ1n) is 7.10. The molecule has 4 rings (SSSR count). The predicted octanol–water partition coefficient (Wildman–Crippen LogP) is 0.862. The fourth-order valence-electron chi connectivity index (χ4n) is 3.17. The highest BCUT2D eigenvalue weighted by molar-refractivity contribution is 5.83. The van der Waals surface area contributed by atoms with Gasteiger partial charge in [0.15, 0.2) is 6.19 Å². The summed E-state index contributed by atoms with van der Waals surface area (Å²) >= 11 is 0. The predicted molar refractivity (Wildman–Crippen MR) is 79.9 cm³/mol. The minimum Gasteiger partial charge on any atom is -0.353 e. The highest BCUT2D eigenvalue weighted by Gasteiger charge is 2.42. The summed E-state index contributed by atoms with van der Waals surface area (Å²) in [6.45, 7) is 1.53. The van der Waals surface area contributed by atoms with Crippen LogP contribution in [0.5, 0.6) is 0 Å². The van der Waals surface area contributed by atoms with Crippen molar-refractivity contribution in [2.24, 2.45) is 5.92 Å². The van der Waals surface area contributed by atoms with Crippen molar-refractivity contribution in [3.8, 4) is 6.19 Å². The van der Waals surface area contributed by atoms with E-state index < -0.39 is 0 Å². The zero-order valence-corrected chi connectivity index (χ0v) is 11.5. The molecular weight excluding hydrogens is 264 g/mol. The van der Waals surface area contributed by atoms with Crippen LogP contribution < -0.4 is 16.2 Å². The molecule has 0 aliphatic carbocycles. The Balaban J connectivity index is 1.54. The van der Waals surface area contributed by atoms with Crippen LogP contribution in [0.2, 0.25) is 0 Å². The Labute approximate surface area is 122 Å². The van der Waals surface area contributed by atoms with Gasteiger partial charge in [0.1, 0.15) is 5.82 Å². The molecule has 6 heteroatoms. The van der Waals surface area contributed by atoms with Crippen LogP contribution in [-0.2, 0) is 0 Å². The number of rotatable bonds is 2. The van der Waals surface area contributed by atoms with Crippen molar-refractivity contribution in [2.75, 3.05) is 18.4 Å². The monoisotopic (exact) mass is 280 g/mol. The molecule has 6 nitrogen and oxygen atoms in total. The van der Waals surface area contributed by atoms with Gasteiger partial charge in [0.05, 0.1) is 6.17 Å².